The molecule has 0 unspecified atom stereocenters. The molecule has 0 saturated heterocycles. The Kier molecular flexibility index (Phi) is 2.33. The lowest BCUT2D eigenvalue weighted by Gasteiger charge is -2.18. The van der Waals surface area contributed by atoms with E-state index >= 15 is 0 Å². The van der Waals surface area contributed by atoms with E-state index in [-0.39, 0.29) is 0 Å². The Morgan fingerprint density at radius 1 is 1.19 bits per heavy atom. The maximum Gasteiger partial charge on any atom is 0.130 e. The number of hydrogen-bond donors (Lipinski definition) is 1. The minimum absolute atomic E-state index is 0.951. The van der Waals surface area contributed by atoms with Crippen molar-refractivity contribution < 1.29 is 0 Å². The third-order valence-corrected chi connectivity index (χ3v) is 3.09. The molecule has 0 saturated carbocycles. The summed E-state index contributed by atoms with van der Waals surface area (Å²) in [7, 11) is 0. The van der Waals surface area contributed by atoms with E-state index in [1.54, 1.807) is 6.20 Å². The Hall–Kier alpha value is -1.83. The van der Waals surface area contributed by atoms with Crippen molar-refractivity contribution in [3.63, 3.8) is 0 Å². The molecule has 1 heterocycles. The van der Waals surface area contributed by atoms with E-state index in [9.17, 15) is 0 Å². The molecular weight excluding hydrogens is 196 g/mol. The molecule has 0 spiro atoms. The van der Waals surface area contributed by atoms with Crippen LogP contribution in [0.3, 0.4) is 0 Å². The number of rotatable bonds is 1. The van der Waals surface area contributed by atoms with Gasteiger partial charge in [0, 0.05) is 12.4 Å². The predicted octanol–water partition coefficient (Wildman–Crippen LogP) is 3.29. The SMILES string of the molecule is C(=C1CCCc2ccccc21)c1ncc[nH]1. The van der Waals surface area contributed by atoms with Crippen LogP contribution in [0.15, 0.2) is 36.7 Å². The third kappa shape index (κ3) is 1.67. The molecule has 0 amide bonds. The summed E-state index contributed by atoms with van der Waals surface area (Å²) >= 11 is 0. The highest BCUT2D eigenvalue weighted by Gasteiger charge is 2.13. The number of H-pyrrole nitrogens is 1. The van der Waals surface area contributed by atoms with Gasteiger partial charge in [0.2, 0.25) is 0 Å². The monoisotopic (exact) mass is 210 g/mol. The molecule has 2 heteroatoms. The van der Waals surface area contributed by atoms with Crippen LogP contribution >= 0.6 is 0 Å². The van der Waals surface area contributed by atoms with E-state index in [4.69, 9.17) is 0 Å². The highest BCUT2D eigenvalue weighted by molar-refractivity contribution is 5.82. The molecule has 1 aliphatic carbocycles. The number of aryl methyl sites for hydroxylation is 1. The fourth-order valence-corrected chi connectivity index (χ4v) is 2.33. The number of allylic oxidation sites excluding steroid dienone is 1. The first-order valence-electron chi connectivity index (χ1n) is 5.72. The van der Waals surface area contributed by atoms with Crippen molar-refractivity contribution in [2.75, 3.05) is 0 Å². The molecule has 2 aromatic rings. The summed E-state index contributed by atoms with van der Waals surface area (Å²) in [5, 5.41) is 0. The normalized spacial score (nSPS) is 17.4. The average Bonchev–Trinajstić information content (AvgIpc) is 2.82. The lowest BCUT2D eigenvalue weighted by molar-refractivity contribution is 0.824. The number of nitrogens with zero attached hydrogens (tertiary/aromatic N) is 1. The van der Waals surface area contributed by atoms with Crippen LogP contribution in [0.2, 0.25) is 0 Å². The van der Waals surface area contributed by atoms with Gasteiger partial charge in [0.15, 0.2) is 0 Å². The number of hydrogen-bond acceptors (Lipinski definition) is 1. The van der Waals surface area contributed by atoms with Crippen molar-refractivity contribution in [3.8, 4) is 0 Å². The summed E-state index contributed by atoms with van der Waals surface area (Å²) in [6, 6.07) is 8.67. The van der Waals surface area contributed by atoms with Gasteiger partial charge in [-0.1, -0.05) is 24.3 Å². The van der Waals surface area contributed by atoms with Crippen LogP contribution in [-0.4, -0.2) is 9.97 Å². The van der Waals surface area contributed by atoms with Gasteiger partial charge < -0.3 is 4.98 Å². The largest absolute Gasteiger partial charge is 0.345 e. The number of aromatic nitrogens is 2. The quantitative estimate of drug-likeness (QED) is 0.768. The number of nitrogens with one attached hydrogen (secondary N) is 1. The molecule has 1 aromatic carbocycles. The van der Waals surface area contributed by atoms with E-state index in [1.165, 1.54) is 29.5 Å². The standard InChI is InChI=1S/C14H14N2/c1-2-7-13-11(4-1)5-3-6-12(13)10-14-15-8-9-16-14/h1-2,4,7-10H,3,5-6H2,(H,15,16). The van der Waals surface area contributed by atoms with E-state index in [0.717, 1.165) is 12.2 Å². The van der Waals surface area contributed by atoms with Crippen LogP contribution in [0.4, 0.5) is 0 Å². The topological polar surface area (TPSA) is 28.7 Å². The highest BCUT2D eigenvalue weighted by Crippen LogP contribution is 2.31. The molecule has 0 bridgehead atoms. The highest BCUT2D eigenvalue weighted by atomic mass is 14.9. The fourth-order valence-electron chi connectivity index (χ4n) is 2.33. The van der Waals surface area contributed by atoms with E-state index in [1.807, 2.05) is 6.20 Å². The molecule has 3 rings (SSSR count). The van der Waals surface area contributed by atoms with E-state index in [0.29, 0.717) is 0 Å². The van der Waals surface area contributed by atoms with Gasteiger partial charge in [0.25, 0.3) is 0 Å². The molecular formula is C14H14N2. The van der Waals surface area contributed by atoms with Crippen LogP contribution in [-0.2, 0) is 6.42 Å². The van der Waals surface area contributed by atoms with Crippen LogP contribution in [0.25, 0.3) is 11.6 Å². The summed E-state index contributed by atoms with van der Waals surface area (Å²) in [6.07, 6.45) is 9.41. The summed E-state index contributed by atoms with van der Waals surface area (Å²) in [6.45, 7) is 0. The van der Waals surface area contributed by atoms with E-state index < -0.39 is 0 Å². The van der Waals surface area contributed by atoms with Crippen molar-refractivity contribution in [2.24, 2.45) is 0 Å². The van der Waals surface area contributed by atoms with Gasteiger partial charge in [-0.05, 0) is 42.0 Å². The van der Waals surface area contributed by atoms with Crippen LogP contribution in [0.5, 0.6) is 0 Å². The van der Waals surface area contributed by atoms with Crippen molar-refractivity contribution in [2.45, 2.75) is 19.3 Å². The summed E-state index contributed by atoms with van der Waals surface area (Å²) < 4.78 is 0. The Labute approximate surface area is 95.0 Å². The maximum absolute atomic E-state index is 4.25. The summed E-state index contributed by atoms with van der Waals surface area (Å²) in [5.74, 6) is 0.951. The Bertz CT molecular complexity index is 509. The second-order valence-electron chi connectivity index (χ2n) is 4.15. The van der Waals surface area contributed by atoms with Crippen molar-refractivity contribution in [1.82, 2.24) is 9.97 Å². The predicted molar refractivity (Wildman–Crippen MR) is 65.8 cm³/mol. The molecule has 1 N–H and O–H groups in total. The van der Waals surface area contributed by atoms with Gasteiger partial charge in [-0.2, -0.15) is 0 Å². The van der Waals surface area contributed by atoms with Crippen LogP contribution < -0.4 is 0 Å². The molecule has 80 valence electrons. The minimum Gasteiger partial charge on any atom is -0.345 e. The zero-order chi connectivity index (χ0) is 10.8. The first-order chi connectivity index (χ1) is 7.93. The molecule has 1 aliphatic rings. The molecule has 2 nitrogen and oxygen atoms in total. The van der Waals surface area contributed by atoms with Gasteiger partial charge in [-0.3, -0.25) is 0 Å². The zero-order valence-electron chi connectivity index (χ0n) is 9.11. The van der Waals surface area contributed by atoms with E-state index in [2.05, 4.69) is 40.3 Å². The van der Waals surface area contributed by atoms with Gasteiger partial charge in [-0.25, -0.2) is 4.98 Å². The number of imidazole rings is 1. The molecule has 0 atom stereocenters. The Morgan fingerprint density at radius 3 is 3.00 bits per heavy atom. The molecule has 0 fully saturated rings. The summed E-state index contributed by atoms with van der Waals surface area (Å²) in [5.41, 5.74) is 4.26. The minimum atomic E-state index is 0.951. The first-order valence-corrected chi connectivity index (χ1v) is 5.72. The zero-order valence-corrected chi connectivity index (χ0v) is 9.11. The first kappa shape index (κ1) is 9.40. The van der Waals surface area contributed by atoms with Gasteiger partial charge in [0.1, 0.15) is 5.82 Å². The lowest BCUT2D eigenvalue weighted by Crippen LogP contribution is -2.01. The van der Waals surface area contributed by atoms with Gasteiger partial charge in [-0.15, -0.1) is 0 Å². The molecule has 16 heavy (non-hydrogen) atoms. The average molecular weight is 210 g/mol. The summed E-state index contributed by atoms with van der Waals surface area (Å²) in [4.78, 5) is 7.38. The third-order valence-electron chi connectivity index (χ3n) is 3.09. The number of benzene rings is 1. The fraction of sp³-hybridized carbons (Fsp3) is 0.214. The van der Waals surface area contributed by atoms with Gasteiger partial charge in [0.05, 0.1) is 0 Å². The van der Waals surface area contributed by atoms with Crippen molar-refractivity contribution in [3.05, 3.63) is 53.6 Å². The molecule has 0 aliphatic heterocycles. The smallest absolute Gasteiger partial charge is 0.130 e. The number of aromatic amines is 1. The van der Waals surface area contributed by atoms with Crippen molar-refractivity contribution in [1.29, 1.82) is 0 Å². The second-order valence-corrected chi connectivity index (χ2v) is 4.15. The van der Waals surface area contributed by atoms with Crippen molar-refractivity contribution >= 4 is 11.6 Å². The second kappa shape index (κ2) is 3.97. The van der Waals surface area contributed by atoms with Gasteiger partial charge >= 0.3 is 0 Å². The maximum atomic E-state index is 4.25. The van der Waals surface area contributed by atoms with Crippen LogP contribution in [0, 0.1) is 0 Å². The Balaban J connectivity index is 2.05. The molecule has 1 aromatic heterocycles. The number of fused-ring (bicyclic) bond motifs is 1. The lowest BCUT2D eigenvalue weighted by atomic mass is 9.87. The molecule has 0 radical (unpaired) electrons. The van der Waals surface area contributed by atoms with Crippen LogP contribution in [0.1, 0.15) is 29.8 Å². The Morgan fingerprint density at radius 2 is 2.12 bits per heavy atom.